The predicted octanol–water partition coefficient (Wildman–Crippen LogP) is 5.17. The Morgan fingerprint density at radius 2 is 1.88 bits per heavy atom. The van der Waals surface area contributed by atoms with Crippen molar-refractivity contribution in [2.24, 2.45) is 0 Å². The molecule has 0 spiro atoms. The maximum absolute atomic E-state index is 13.5. The fourth-order valence-electron chi connectivity index (χ4n) is 3.11. The van der Waals surface area contributed by atoms with Crippen LogP contribution < -0.4 is 0 Å². The number of hydrogen-bond acceptors (Lipinski definition) is 3. The molecule has 0 atom stereocenters. The van der Waals surface area contributed by atoms with Gasteiger partial charge in [-0.1, -0.05) is 22.9 Å². The van der Waals surface area contributed by atoms with Crippen LogP contribution in [0.5, 0.6) is 0 Å². The summed E-state index contributed by atoms with van der Waals surface area (Å²) in [5.41, 5.74) is 6.15. The summed E-state index contributed by atoms with van der Waals surface area (Å²) >= 11 is 5.96. The second-order valence-corrected chi connectivity index (χ2v) is 6.94. The van der Waals surface area contributed by atoms with Crippen LogP contribution in [0.4, 0.5) is 4.39 Å². The zero-order chi connectivity index (χ0) is 18.4. The van der Waals surface area contributed by atoms with Crippen LogP contribution in [0.1, 0.15) is 25.6 Å². The van der Waals surface area contributed by atoms with Gasteiger partial charge in [0.15, 0.2) is 0 Å². The van der Waals surface area contributed by atoms with Gasteiger partial charge in [0.1, 0.15) is 17.0 Å². The smallest absolute Gasteiger partial charge is 0.141 e. The van der Waals surface area contributed by atoms with Crippen molar-refractivity contribution in [1.82, 2.24) is 25.2 Å². The summed E-state index contributed by atoms with van der Waals surface area (Å²) in [5.74, 6) is -0.447. The van der Waals surface area contributed by atoms with E-state index >= 15 is 0 Å². The van der Waals surface area contributed by atoms with Crippen LogP contribution >= 0.6 is 11.6 Å². The number of hydrogen-bond donors (Lipinski definition) is 1. The van der Waals surface area contributed by atoms with E-state index in [9.17, 15) is 4.39 Å². The Kier molecular flexibility index (Phi) is 4.00. The summed E-state index contributed by atoms with van der Waals surface area (Å²) in [4.78, 5) is 0. The van der Waals surface area contributed by atoms with E-state index in [1.54, 1.807) is 12.1 Å². The second kappa shape index (κ2) is 6.21. The first-order valence-corrected chi connectivity index (χ1v) is 8.69. The fourth-order valence-corrected chi connectivity index (χ4v) is 3.29. The Bertz CT molecular complexity index is 1110. The molecule has 0 aliphatic heterocycles. The van der Waals surface area contributed by atoms with Crippen molar-refractivity contribution in [3.63, 3.8) is 0 Å². The van der Waals surface area contributed by atoms with Crippen LogP contribution in [-0.4, -0.2) is 25.2 Å². The van der Waals surface area contributed by atoms with Crippen LogP contribution in [-0.2, 0) is 0 Å². The average molecular weight is 370 g/mol. The van der Waals surface area contributed by atoms with Crippen molar-refractivity contribution < 1.29 is 4.39 Å². The van der Waals surface area contributed by atoms with Gasteiger partial charge in [-0.3, -0.25) is 5.10 Å². The Hall–Kier alpha value is -2.73. The maximum atomic E-state index is 13.5. The third-order valence-corrected chi connectivity index (χ3v) is 4.68. The quantitative estimate of drug-likeness (QED) is 0.542. The summed E-state index contributed by atoms with van der Waals surface area (Å²) in [6.07, 6.45) is 0. The molecule has 0 aliphatic carbocycles. The van der Waals surface area contributed by atoms with Gasteiger partial charge in [-0.2, -0.15) is 5.10 Å². The van der Waals surface area contributed by atoms with Gasteiger partial charge in [0.25, 0.3) is 0 Å². The van der Waals surface area contributed by atoms with Gasteiger partial charge < -0.3 is 0 Å². The van der Waals surface area contributed by atoms with Gasteiger partial charge in [-0.05, 0) is 56.7 Å². The minimum Gasteiger partial charge on any atom is -0.282 e. The van der Waals surface area contributed by atoms with Crippen molar-refractivity contribution >= 4 is 22.6 Å². The zero-order valence-electron chi connectivity index (χ0n) is 14.6. The van der Waals surface area contributed by atoms with E-state index in [2.05, 4.69) is 40.4 Å². The molecule has 0 amide bonds. The fraction of sp³-hybridized carbons (Fsp3) is 0.211. The lowest BCUT2D eigenvalue weighted by molar-refractivity contribution is 0.530. The van der Waals surface area contributed by atoms with Gasteiger partial charge in [0, 0.05) is 22.9 Å². The highest BCUT2D eigenvalue weighted by Crippen LogP contribution is 2.35. The monoisotopic (exact) mass is 369 g/mol. The molecule has 4 aromatic rings. The van der Waals surface area contributed by atoms with Gasteiger partial charge in [0.05, 0.1) is 10.5 Å². The zero-order valence-corrected chi connectivity index (χ0v) is 15.3. The van der Waals surface area contributed by atoms with Crippen LogP contribution in [0.15, 0.2) is 36.4 Å². The van der Waals surface area contributed by atoms with Crippen LogP contribution in [0.25, 0.3) is 33.4 Å². The molecule has 5 nitrogen and oxygen atoms in total. The molecule has 132 valence electrons. The first-order valence-electron chi connectivity index (χ1n) is 8.31. The number of H-pyrrole nitrogens is 1. The number of halogens is 2. The average Bonchev–Trinajstić information content (AvgIpc) is 3.20. The van der Waals surface area contributed by atoms with Gasteiger partial charge in [-0.15, -0.1) is 5.10 Å². The molecule has 0 saturated heterocycles. The Labute approximate surface area is 154 Å². The van der Waals surface area contributed by atoms with Crippen molar-refractivity contribution in [3.05, 3.63) is 52.9 Å². The molecule has 4 rings (SSSR count). The summed E-state index contributed by atoms with van der Waals surface area (Å²) in [6, 6.07) is 10.8. The van der Waals surface area contributed by atoms with Gasteiger partial charge in [-0.25, -0.2) is 9.07 Å². The summed E-state index contributed by atoms with van der Waals surface area (Å²) in [6.45, 7) is 6.09. The molecule has 0 radical (unpaired) electrons. The maximum Gasteiger partial charge on any atom is 0.141 e. The highest BCUT2D eigenvalue weighted by molar-refractivity contribution is 6.31. The molecule has 0 fully saturated rings. The topological polar surface area (TPSA) is 59.4 Å². The number of aryl methyl sites for hydroxylation is 1. The normalized spacial score (nSPS) is 11.6. The summed E-state index contributed by atoms with van der Waals surface area (Å²) in [7, 11) is 0. The Morgan fingerprint density at radius 1 is 1.12 bits per heavy atom. The molecule has 0 aliphatic rings. The van der Waals surface area contributed by atoms with E-state index in [0.29, 0.717) is 0 Å². The number of aromatic nitrogens is 5. The number of fused-ring (bicyclic) bond motifs is 1. The van der Waals surface area contributed by atoms with Crippen molar-refractivity contribution in [3.8, 4) is 22.4 Å². The van der Waals surface area contributed by atoms with E-state index in [-0.39, 0.29) is 11.1 Å². The summed E-state index contributed by atoms with van der Waals surface area (Å²) in [5, 5.41) is 16.0. The molecule has 0 saturated carbocycles. The highest BCUT2D eigenvalue weighted by atomic mass is 35.5. The van der Waals surface area contributed by atoms with Crippen molar-refractivity contribution in [1.29, 1.82) is 0 Å². The van der Waals surface area contributed by atoms with Crippen LogP contribution in [0.3, 0.4) is 0 Å². The third-order valence-electron chi connectivity index (χ3n) is 4.39. The second-order valence-electron chi connectivity index (χ2n) is 6.53. The molecule has 26 heavy (non-hydrogen) atoms. The first kappa shape index (κ1) is 16.7. The molecular formula is C19H17ClFN5. The molecule has 0 unspecified atom stereocenters. The molecule has 2 aromatic carbocycles. The molecule has 7 heteroatoms. The standard InChI is InChI=1S/C19H17ClFN5/c1-10(2)26-17-9-12(5-7-16(17)23-25-26)18-11(3)22-24-19(18)13-4-6-15(21)14(20)8-13/h4-10H,1-3H3,(H,22,24). The predicted molar refractivity (Wildman–Crippen MR) is 101 cm³/mol. The van der Waals surface area contributed by atoms with Crippen LogP contribution in [0, 0.1) is 12.7 Å². The Morgan fingerprint density at radius 3 is 2.62 bits per heavy atom. The lowest BCUT2D eigenvalue weighted by atomic mass is 9.99. The number of nitrogens with zero attached hydrogens (tertiary/aromatic N) is 4. The highest BCUT2D eigenvalue weighted by Gasteiger charge is 2.17. The van der Waals surface area contributed by atoms with E-state index < -0.39 is 5.82 Å². The lowest BCUT2D eigenvalue weighted by Gasteiger charge is -2.08. The van der Waals surface area contributed by atoms with Crippen molar-refractivity contribution in [2.75, 3.05) is 0 Å². The van der Waals surface area contributed by atoms with E-state index in [4.69, 9.17) is 11.6 Å². The van der Waals surface area contributed by atoms with E-state index in [0.717, 1.165) is 39.1 Å². The molecular weight excluding hydrogens is 353 g/mol. The number of rotatable bonds is 3. The number of benzene rings is 2. The molecule has 1 N–H and O–H groups in total. The molecule has 2 heterocycles. The largest absolute Gasteiger partial charge is 0.282 e. The third kappa shape index (κ3) is 2.66. The van der Waals surface area contributed by atoms with Gasteiger partial charge >= 0.3 is 0 Å². The SMILES string of the molecule is Cc1[nH]nc(-c2ccc(F)c(Cl)c2)c1-c1ccc2nnn(C(C)C)c2c1. The number of aromatic amines is 1. The van der Waals surface area contributed by atoms with E-state index in [1.807, 2.05) is 23.7 Å². The molecule has 2 aromatic heterocycles. The first-order chi connectivity index (χ1) is 12.5. The number of nitrogens with one attached hydrogen (secondary N) is 1. The van der Waals surface area contributed by atoms with Gasteiger partial charge in [0.2, 0.25) is 0 Å². The molecule has 0 bridgehead atoms. The van der Waals surface area contributed by atoms with Crippen LogP contribution in [0.2, 0.25) is 5.02 Å². The Balaban J connectivity index is 1.91. The van der Waals surface area contributed by atoms with Crippen molar-refractivity contribution in [2.45, 2.75) is 26.8 Å². The minimum atomic E-state index is -0.447. The minimum absolute atomic E-state index is 0.0756. The lowest BCUT2D eigenvalue weighted by Crippen LogP contribution is -2.02. The summed E-state index contributed by atoms with van der Waals surface area (Å²) < 4.78 is 15.4. The van der Waals surface area contributed by atoms with E-state index in [1.165, 1.54) is 6.07 Å².